The molecule has 78 valence electrons. The summed E-state index contributed by atoms with van der Waals surface area (Å²) < 4.78 is 0. The van der Waals surface area contributed by atoms with Gasteiger partial charge in [0.15, 0.2) is 0 Å². The van der Waals surface area contributed by atoms with Gasteiger partial charge in [-0.05, 0) is 11.6 Å². The molecule has 1 heterocycles. The highest BCUT2D eigenvalue weighted by Crippen LogP contribution is 2.28. The number of carboxylic acid groups (broad SMARTS) is 1. The molecule has 0 spiro atoms. The number of benzene rings is 1. The number of aliphatic carboxylic acids is 1. The van der Waals surface area contributed by atoms with E-state index in [1.54, 1.807) is 4.90 Å². The minimum Gasteiger partial charge on any atom is -0.481 e. The van der Waals surface area contributed by atoms with E-state index in [-0.39, 0.29) is 18.9 Å². The maximum absolute atomic E-state index is 11.6. The number of nitrogens with zero attached hydrogens (tertiary/aromatic N) is 1. The zero-order valence-electron chi connectivity index (χ0n) is 8.14. The van der Waals surface area contributed by atoms with Crippen LogP contribution in [0.3, 0.4) is 0 Å². The molecule has 0 unspecified atom stereocenters. The molecule has 0 saturated heterocycles. The lowest BCUT2D eigenvalue weighted by atomic mass is 10.2. The summed E-state index contributed by atoms with van der Waals surface area (Å²) in [5.41, 5.74) is 1.83. The minimum atomic E-state index is -0.882. The number of hydrogen-bond donors (Lipinski definition) is 1. The zero-order valence-corrected chi connectivity index (χ0v) is 8.14. The lowest BCUT2D eigenvalue weighted by Gasteiger charge is -2.15. The number of carbonyl (C=O) groups is 2. The second-order valence-electron chi connectivity index (χ2n) is 3.49. The molecule has 0 radical (unpaired) electrons. The maximum atomic E-state index is 11.6. The van der Waals surface area contributed by atoms with Crippen LogP contribution in [0.4, 0.5) is 5.69 Å². The number of fused-ring (bicyclic) bond motifs is 1. The van der Waals surface area contributed by atoms with Crippen LogP contribution in [0.25, 0.3) is 0 Å². The number of amides is 1. The van der Waals surface area contributed by atoms with Crippen molar-refractivity contribution in [3.05, 3.63) is 29.8 Å². The van der Waals surface area contributed by atoms with E-state index in [2.05, 4.69) is 0 Å². The Morgan fingerprint density at radius 3 is 2.87 bits per heavy atom. The second kappa shape index (κ2) is 3.73. The molecule has 15 heavy (non-hydrogen) atoms. The summed E-state index contributed by atoms with van der Waals surface area (Å²) in [6.07, 6.45) is 0.371. The molecule has 0 aliphatic carbocycles. The molecule has 0 bridgehead atoms. The molecule has 1 N–H and O–H groups in total. The Morgan fingerprint density at radius 1 is 1.40 bits per heavy atom. The Hall–Kier alpha value is -1.84. The zero-order chi connectivity index (χ0) is 10.8. The Labute approximate surface area is 87.1 Å². The van der Waals surface area contributed by atoms with Crippen molar-refractivity contribution in [2.75, 3.05) is 11.4 Å². The first-order valence-electron chi connectivity index (χ1n) is 4.78. The van der Waals surface area contributed by atoms with Gasteiger partial charge in [0.05, 0.1) is 12.8 Å². The first-order valence-corrected chi connectivity index (χ1v) is 4.78. The van der Waals surface area contributed by atoms with E-state index in [4.69, 9.17) is 5.11 Å². The fraction of sp³-hybridized carbons (Fsp3) is 0.273. The van der Waals surface area contributed by atoms with Gasteiger partial charge >= 0.3 is 5.97 Å². The van der Waals surface area contributed by atoms with Crippen LogP contribution in [0.2, 0.25) is 0 Å². The van der Waals surface area contributed by atoms with Crippen molar-refractivity contribution in [3.8, 4) is 0 Å². The van der Waals surface area contributed by atoms with E-state index in [0.717, 1.165) is 11.3 Å². The highest BCUT2D eigenvalue weighted by molar-refractivity contribution is 6.01. The summed E-state index contributed by atoms with van der Waals surface area (Å²) in [6, 6.07) is 7.48. The Balaban J connectivity index is 2.18. The molecule has 0 atom stereocenters. The van der Waals surface area contributed by atoms with Crippen molar-refractivity contribution in [2.24, 2.45) is 0 Å². The summed E-state index contributed by atoms with van der Waals surface area (Å²) in [4.78, 5) is 23.6. The van der Waals surface area contributed by atoms with Gasteiger partial charge in [0, 0.05) is 12.2 Å². The number of anilines is 1. The van der Waals surface area contributed by atoms with E-state index in [1.165, 1.54) is 0 Å². The topological polar surface area (TPSA) is 57.6 Å². The van der Waals surface area contributed by atoms with Crippen molar-refractivity contribution in [2.45, 2.75) is 12.8 Å². The minimum absolute atomic E-state index is 0.0138. The SMILES string of the molecule is O=C(O)CCN1C(=O)Cc2ccccc21. The Kier molecular flexibility index (Phi) is 2.41. The van der Waals surface area contributed by atoms with Crippen LogP contribution in [0.5, 0.6) is 0 Å². The smallest absolute Gasteiger partial charge is 0.305 e. The average molecular weight is 205 g/mol. The van der Waals surface area contributed by atoms with Gasteiger partial charge in [-0.15, -0.1) is 0 Å². The monoisotopic (exact) mass is 205 g/mol. The van der Waals surface area contributed by atoms with E-state index < -0.39 is 5.97 Å². The standard InChI is InChI=1S/C11H11NO3/c13-10-7-8-3-1-2-4-9(8)12(10)6-5-11(14)15/h1-4H,5-7H2,(H,14,15). The molecule has 0 aromatic heterocycles. The predicted molar refractivity (Wildman–Crippen MR) is 54.8 cm³/mol. The number of hydrogen-bond acceptors (Lipinski definition) is 2. The fourth-order valence-corrected chi connectivity index (χ4v) is 1.77. The lowest BCUT2D eigenvalue weighted by molar-refractivity contribution is -0.136. The molecule has 4 heteroatoms. The van der Waals surface area contributed by atoms with Crippen LogP contribution >= 0.6 is 0 Å². The highest BCUT2D eigenvalue weighted by Gasteiger charge is 2.26. The van der Waals surface area contributed by atoms with Crippen molar-refractivity contribution >= 4 is 17.6 Å². The molecule has 0 saturated carbocycles. The number of carbonyl (C=O) groups excluding carboxylic acids is 1. The normalized spacial score (nSPS) is 14.1. The van der Waals surface area contributed by atoms with E-state index in [0.29, 0.717) is 6.42 Å². The van der Waals surface area contributed by atoms with Gasteiger partial charge in [-0.1, -0.05) is 18.2 Å². The number of carboxylic acids is 1. The third-order valence-electron chi connectivity index (χ3n) is 2.47. The Bertz CT molecular complexity index is 414. The van der Waals surface area contributed by atoms with E-state index in [1.807, 2.05) is 24.3 Å². The summed E-state index contributed by atoms with van der Waals surface area (Å²) in [6.45, 7) is 0.255. The van der Waals surface area contributed by atoms with Crippen molar-refractivity contribution in [1.82, 2.24) is 0 Å². The lowest BCUT2D eigenvalue weighted by Crippen LogP contribution is -2.29. The molecular weight excluding hydrogens is 194 g/mol. The molecule has 0 fully saturated rings. The summed E-state index contributed by atoms with van der Waals surface area (Å²) in [7, 11) is 0. The summed E-state index contributed by atoms with van der Waals surface area (Å²) in [5, 5.41) is 8.57. The van der Waals surface area contributed by atoms with Gasteiger partial charge in [-0.25, -0.2) is 0 Å². The van der Waals surface area contributed by atoms with Gasteiger partial charge in [-0.2, -0.15) is 0 Å². The molecule has 4 nitrogen and oxygen atoms in total. The van der Waals surface area contributed by atoms with Crippen LogP contribution in [0.15, 0.2) is 24.3 Å². The molecular formula is C11H11NO3. The van der Waals surface area contributed by atoms with Gasteiger partial charge in [0.1, 0.15) is 0 Å². The first kappa shape index (κ1) is 9.71. The van der Waals surface area contributed by atoms with Crippen molar-refractivity contribution in [1.29, 1.82) is 0 Å². The van der Waals surface area contributed by atoms with Crippen LogP contribution in [0, 0.1) is 0 Å². The van der Waals surface area contributed by atoms with Crippen LogP contribution in [-0.4, -0.2) is 23.5 Å². The molecule has 1 aliphatic rings. The molecule has 1 aliphatic heterocycles. The highest BCUT2D eigenvalue weighted by atomic mass is 16.4. The van der Waals surface area contributed by atoms with Gasteiger partial charge in [-0.3, -0.25) is 9.59 Å². The van der Waals surface area contributed by atoms with Gasteiger partial charge in [0.2, 0.25) is 5.91 Å². The van der Waals surface area contributed by atoms with E-state index >= 15 is 0 Å². The van der Waals surface area contributed by atoms with Crippen LogP contribution in [0.1, 0.15) is 12.0 Å². The quantitative estimate of drug-likeness (QED) is 0.802. The first-order chi connectivity index (χ1) is 7.18. The van der Waals surface area contributed by atoms with Gasteiger partial charge < -0.3 is 10.0 Å². The number of para-hydroxylation sites is 1. The van der Waals surface area contributed by atoms with E-state index in [9.17, 15) is 9.59 Å². The molecule has 1 aromatic carbocycles. The maximum Gasteiger partial charge on any atom is 0.305 e. The van der Waals surface area contributed by atoms with Gasteiger partial charge in [0.25, 0.3) is 0 Å². The van der Waals surface area contributed by atoms with Crippen molar-refractivity contribution < 1.29 is 14.7 Å². The largest absolute Gasteiger partial charge is 0.481 e. The fourth-order valence-electron chi connectivity index (χ4n) is 1.77. The summed E-state index contributed by atoms with van der Waals surface area (Å²) in [5.74, 6) is -0.898. The third kappa shape index (κ3) is 1.83. The molecule has 2 rings (SSSR count). The Morgan fingerprint density at radius 2 is 2.13 bits per heavy atom. The van der Waals surface area contributed by atoms with Crippen LogP contribution < -0.4 is 4.90 Å². The second-order valence-corrected chi connectivity index (χ2v) is 3.49. The molecule has 1 aromatic rings. The molecule has 1 amide bonds. The van der Waals surface area contributed by atoms with Crippen LogP contribution in [-0.2, 0) is 16.0 Å². The summed E-state index contributed by atoms with van der Waals surface area (Å²) >= 11 is 0. The third-order valence-corrected chi connectivity index (χ3v) is 2.47. The predicted octanol–water partition coefficient (Wildman–Crippen LogP) is 1.05. The average Bonchev–Trinajstić information content (AvgIpc) is 2.50. The number of rotatable bonds is 3. The van der Waals surface area contributed by atoms with Crippen molar-refractivity contribution in [3.63, 3.8) is 0 Å².